The predicted molar refractivity (Wildman–Crippen MR) is 74.2 cm³/mol. The molecule has 0 aromatic heterocycles. The van der Waals surface area contributed by atoms with E-state index in [0.29, 0.717) is 11.8 Å². The monoisotopic (exact) mass is 246 g/mol. The zero-order chi connectivity index (χ0) is 13.0. The maximum atomic E-state index is 11.7. The van der Waals surface area contributed by atoms with Gasteiger partial charge in [0.25, 0.3) is 0 Å². The van der Waals surface area contributed by atoms with Gasteiger partial charge in [-0.05, 0) is 36.8 Å². The molecule has 18 heavy (non-hydrogen) atoms. The first-order chi connectivity index (χ1) is 8.66. The van der Waals surface area contributed by atoms with Crippen molar-refractivity contribution in [3.63, 3.8) is 0 Å². The number of nitrogens with two attached hydrogens (primary N) is 1. The molecule has 1 amide bonds. The molecule has 0 bridgehead atoms. The number of nitrogens with one attached hydrogen (secondary N) is 1. The van der Waals surface area contributed by atoms with Crippen LogP contribution in [0.5, 0.6) is 0 Å². The van der Waals surface area contributed by atoms with Gasteiger partial charge in [-0.1, -0.05) is 38.0 Å². The van der Waals surface area contributed by atoms with Gasteiger partial charge in [0, 0.05) is 5.69 Å². The Balaban J connectivity index is 2.06. The van der Waals surface area contributed by atoms with Gasteiger partial charge in [-0.15, -0.1) is 0 Å². The van der Waals surface area contributed by atoms with Gasteiger partial charge in [0.05, 0.1) is 0 Å². The molecular weight excluding hydrogens is 224 g/mol. The van der Waals surface area contributed by atoms with Crippen molar-refractivity contribution in [1.82, 2.24) is 0 Å². The quantitative estimate of drug-likeness (QED) is 0.858. The number of rotatable bonds is 4. The van der Waals surface area contributed by atoms with Crippen molar-refractivity contribution in [1.29, 1.82) is 0 Å². The summed E-state index contributed by atoms with van der Waals surface area (Å²) in [5.41, 5.74) is 6.53. The Labute approximate surface area is 109 Å². The SMILES string of the molecule is CC1CCCC(C(Nc2ccccc2)C(N)=O)C1. The van der Waals surface area contributed by atoms with Gasteiger partial charge in [-0.2, -0.15) is 0 Å². The molecule has 3 atom stereocenters. The summed E-state index contributed by atoms with van der Waals surface area (Å²) in [6.07, 6.45) is 4.66. The van der Waals surface area contributed by atoms with Crippen LogP contribution >= 0.6 is 0 Å². The van der Waals surface area contributed by atoms with Crippen molar-refractivity contribution < 1.29 is 4.79 Å². The molecule has 0 spiro atoms. The lowest BCUT2D eigenvalue weighted by Crippen LogP contribution is -2.43. The van der Waals surface area contributed by atoms with E-state index in [4.69, 9.17) is 5.73 Å². The highest BCUT2D eigenvalue weighted by Crippen LogP contribution is 2.31. The first-order valence-corrected chi connectivity index (χ1v) is 6.77. The molecule has 1 fully saturated rings. The van der Waals surface area contributed by atoms with E-state index in [9.17, 15) is 4.79 Å². The maximum Gasteiger partial charge on any atom is 0.240 e. The fourth-order valence-corrected chi connectivity index (χ4v) is 2.92. The standard InChI is InChI=1S/C15H22N2O/c1-11-6-5-7-12(10-11)14(15(16)18)17-13-8-3-2-4-9-13/h2-4,8-9,11-12,14,17H,5-7,10H2,1H3,(H2,16,18). The average Bonchev–Trinajstić information content (AvgIpc) is 2.37. The summed E-state index contributed by atoms with van der Waals surface area (Å²) in [6, 6.07) is 9.60. The third kappa shape index (κ3) is 3.25. The molecule has 1 aromatic rings. The van der Waals surface area contributed by atoms with E-state index < -0.39 is 0 Å². The van der Waals surface area contributed by atoms with Gasteiger partial charge in [-0.3, -0.25) is 4.79 Å². The molecular formula is C15H22N2O. The Kier molecular flexibility index (Phi) is 4.24. The third-order valence-corrected chi connectivity index (χ3v) is 3.85. The summed E-state index contributed by atoms with van der Waals surface area (Å²) < 4.78 is 0. The van der Waals surface area contributed by atoms with E-state index in [1.807, 2.05) is 30.3 Å². The number of hydrogen-bond donors (Lipinski definition) is 2. The van der Waals surface area contributed by atoms with Crippen molar-refractivity contribution >= 4 is 11.6 Å². The molecule has 98 valence electrons. The highest BCUT2D eigenvalue weighted by atomic mass is 16.1. The van der Waals surface area contributed by atoms with Crippen LogP contribution in [0, 0.1) is 11.8 Å². The van der Waals surface area contributed by atoms with E-state index in [0.717, 1.165) is 18.5 Å². The third-order valence-electron chi connectivity index (χ3n) is 3.85. The largest absolute Gasteiger partial charge is 0.373 e. The first kappa shape index (κ1) is 12.9. The molecule has 1 saturated carbocycles. The second-order valence-corrected chi connectivity index (χ2v) is 5.42. The normalized spacial score (nSPS) is 25.4. The minimum absolute atomic E-state index is 0.238. The summed E-state index contributed by atoms with van der Waals surface area (Å²) in [5.74, 6) is 0.826. The maximum absolute atomic E-state index is 11.7. The summed E-state index contributed by atoms with van der Waals surface area (Å²) in [6.45, 7) is 2.26. The highest BCUT2D eigenvalue weighted by Gasteiger charge is 2.30. The van der Waals surface area contributed by atoms with Crippen molar-refractivity contribution in [2.45, 2.75) is 38.6 Å². The van der Waals surface area contributed by atoms with E-state index in [1.54, 1.807) is 0 Å². The van der Waals surface area contributed by atoms with Gasteiger partial charge in [0.15, 0.2) is 0 Å². The Morgan fingerprint density at radius 1 is 1.33 bits per heavy atom. The van der Waals surface area contributed by atoms with Crippen molar-refractivity contribution in [2.75, 3.05) is 5.32 Å². The topological polar surface area (TPSA) is 55.1 Å². The summed E-state index contributed by atoms with van der Waals surface area (Å²) >= 11 is 0. The van der Waals surface area contributed by atoms with E-state index >= 15 is 0 Å². The van der Waals surface area contributed by atoms with Crippen LogP contribution in [0.4, 0.5) is 5.69 Å². The number of carbonyl (C=O) groups excluding carboxylic acids is 1. The molecule has 0 aliphatic heterocycles. The summed E-state index contributed by atoms with van der Waals surface area (Å²) in [7, 11) is 0. The lowest BCUT2D eigenvalue weighted by atomic mass is 9.78. The lowest BCUT2D eigenvalue weighted by Gasteiger charge is -2.32. The van der Waals surface area contributed by atoms with Gasteiger partial charge < -0.3 is 11.1 Å². The van der Waals surface area contributed by atoms with Gasteiger partial charge >= 0.3 is 0 Å². The Hall–Kier alpha value is -1.51. The van der Waals surface area contributed by atoms with Gasteiger partial charge in [0.2, 0.25) is 5.91 Å². The predicted octanol–water partition coefficient (Wildman–Crippen LogP) is 2.78. The first-order valence-electron chi connectivity index (χ1n) is 6.77. The van der Waals surface area contributed by atoms with Crippen LogP contribution in [0.1, 0.15) is 32.6 Å². The number of primary amides is 1. The van der Waals surface area contributed by atoms with Crippen molar-refractivity contribution in [3.8, 4) is 0 Å². The van der Waals surface area contributed by atoms with Crippen LogP contribution in [-0.4, -0.2) is 11.9 Å². The van der Waals surface area contributed by atoms with Crippen LogP contribution in [0.15, 0.2) is 30.3 Å². The van der Waals surface area contributed by atoms with Gasteiger partial charge in [-0.25, -0.2) is 0 Å². The molecule has 0 heterocycles. The van der Waals surface area contributed by atoms with Crippen LogP contribution in [0.3, 0.4) is 0 Å². The van der Waals surface area contributed by atoms with Crippen LogP contribution < -0.4 is 11.1 Å². The number of benzene rings is 1. The molecule has 3 N–H and O–H groups in total. The number of anilines is 1. The second kappa shape index (κ2) is 5.89. The smallest absolute Gasteiger partial charge is 0.240 e. The second-order valence-electron chi connectivity index (χ2n) is 5.42. The molecule has 1 aliphatic rings. The zero-order valence-electron chi connectivity index (χ0n) is 10.9. The van der Waals surface area contributed by atoms with Crippen molar-refractivity contribution in [3.05, 3.63) is 30.3 Å². The minimum Gasteiger partial charge on any atom is -0.373 e. The Bertz CT molecular complexity index is 391. The van der Waals surface area contributed by atoms with Gasteiger partial charge in [0.1, 0.15) is 6.04 Å². The van der Waals surface area contributed by atoms with Crippen LogP contribution in [0.2, 0.25) is 0 Å². The number of para-hydroxylation sites is 1. The lowest BCUT2D eigenvalue weighted by molar-refractivity contribution is -0.120. The Morgan fingerprint density at radius 2 is 2.06 bits per heavy atom. The molecule has 2 rings (SSSR count). The fourth-order valence-electron chi connectivity index (χ4n) is 2.92. The molecule has 0 saturated heterocycles. The number of amides is 1. The average molecular weight is 246 g/mol. The van der Waals surface area contributed by atoms with Crippen LogP contribution in [0.25, 0.3) is 0 Å². The molecule has 1 aliphatic carbocycles. The number of carbonyl (C=O) groups is 1. The molecule has 0 radical (unpaired) electrons. The molecule has 3 unspecified atom stereocenters. The Morgan fingerprint density at radius 3 is 2.67 bits per heavy atom. The summed E-state index contributed by atoms with van der Waals surface area (Å²) in [5, 5.41) is 3.29. The van der Waals surface area contributed by atoms with Crippen LogP contribution in [-0.2, 0) is 4.79 Å². The fraction of sp³-hybridized carbons (Fsp3) is 0.533. The number of hydrogen-bond acceptors (Lipinski definition) is 2. The summed E-state index contributed by atoms with van der Waals surface area (Å²) in [4.78, 5) is 11.7. The molecule has 3 nitrogen and oxygen atoms in total. The molecule has 3 heteroatoms. The van der Waals surface area contributed by atoms with E-state index in [1.165, 1.54) is 12.8 Å². The van der Waals surface area contributed by atoms with E-state index in [-0.39, 0.29) is 11.9 Å². The highest BCUT2D eigenvalue weighted by molar-refractivity contribution is 5.83. The minimum atomic E-state index is -0.241. The molecule has 1 aromatic carbocycles. The van der Waals surface area contributed by atoms with Crippen molar-refractivity contribution in [2.24, 2.45) is 17.6 Å². The van der Waals surface area contributed by atoms with E-state index in [2.05, 4.69) is 12.2 Å². The zero-order valence-corrected chi connectivity index (χ0v) is 10.9.